The molecule has 6 heteroatoms. The monoisotopic (exact) mass is 318 g/mol. The molecule has 2 N–H and O–H groups in total. The van der Waals surface area contributed by atoms with Gasteiger partial charge in [-0.2, -0.15) is 0 Å². The van der Waals surface area contributed by atoms with Crippen molar-refractivity contribution in [3.05, 3.63) is 17.0 Å². The zero-order valence-corrected chi connectivity index (χ0v) is 14.6. The summed E-state index contributed by atoms with van der Waals surface area (Å²) in [6, 6.07) is 3.55. The molecule has 0 spiro atoms. The first-order chi connectivity index (χ1) is 9.19. The van der Waals surface area contributed by atoms with Gasteiger partial charge in [0, 0.05) is 18.0 Å². The molecule has 0 aromatic carbocycles. The number of thiophene rings is 1. The van der Waals surface area contributed by atoms with Crippen molar-refractivity contribution in [2.45, 2.75) is 45.4 Å². The molecule has 0 saturated heterocycles. The standard InChI is InChI=1S/C14H26N2O2S2/c1-6-15-9-12-7-8-13(19-12)20(17,18)16-10-14(4,5)11(2)3/h7-8,11,15-16H,6,9-10H2,1-5H3. The van der Waals surface area contributed by atoms with Gasteiger partial charge in [-0.15, -0.1) is 11.3 Å². The van der Waals surface area contributed by atoms with E-state index < -0.39 is 10.0 Å². The Bertz CT molecular complexity index is 519. The van der Waals surface area contributed by atoms with Crippen LogP contribution in [0.4, 0.5) is 0 Å². The fraction of sp³-hybridized carbons (Fsp3) is 0.714. The quantitative estimate of drug-likeness (QED) is 0.775. The van der Waals surface area contributed by atoms with E-state index in [4.69, 9.17) is 0 Å². The molecule has 0 aliphatic heterocycles. The van der Waals surface area contributed by atoms with E-state index in [1.54, 1.807) is 6.07 Å². The third-order valence-electron chi connectivity index (χ3n) is 3.73. The molecule has 0 aliphatic rings. The minimum atomic E-state index is -3.39. The lowest BCUT2D eigenvalue weighted by atomic mass is 9.81. The fourth-order valence-electron chi connectivity index (χ4n) is 1.40. The second-order valence-electron chi connectivity index (χ2n) is 5.97. The normalized spacial score (nSPS) is 13.1. The molecule has 0 bridgehead atoms. The summed E-state index contributed by atoms with van der Waals surface area (Å²) in [6.07, 6.45) is 0. The van der Waals surface area contributed by atoms with Crippen molar-refractivity contribution in [2.24, 2.45) is 11.3 Å². The molecule has 4 nitrogen and oxygen atoms in total. The lowest BCUT2D eigenvalue weighted by Gasteiger charge is -2.29. The molecular weight excluding hydrogens is 292 g/mol. The van der Waals surface area contributed by atoms with Crippen LogP contribution in [0.15, 0.2) is 16.3 Å². The van der Waals surface area contributed by atoms with E-state index in [9.17, 15) is 8.42 Å². The third kappa shape index (κ3) is 4.84. The number of nitrogens with one attached hydrogen (secondary N) is 2. The van der Waals surface area contributed by atoms with Crippen LogP contribution in [-0.2, 0) is 16.6 Å². The Morgan fingerprint density at radius 1 is 1.30 bits per heavy atom. The molecular formula is C14H26N2O2S2. The smallest absolute Gasteiger partial charge is 0.250 e. The Morgan fingerprint density at radius 2 is 1.95 bits per heavy atom. The molecule has 1 rings (SSSR count). The Kier molecular flexibility index (Phi) is 6.19. The average Bonchev–Trinajstić information content (AvgIpc) is 2.83. The van der Waals surface area contributed by atoms with Crippen molar-refractivity contribution in [1.82, 2.24) is 10.0 Å². The number of hydrogen-bond donors (Lipinski definition) is 2. The van der Waals surface area contributed by atoms with Crippen LogP contribution in [0.2, 0.25) is 0 Å². The maximum atomic E-state index is 12.3. The van der Waals surface area contributed by atoms with Crippen molar-refractivity contribution in [2.75, 3.05) is 13.1 Å². The minimum Gasteiger partial charge on any atom is -0.312 e. The molecule has 0 radical (unpaired) electrons. The van der Waals surface area contributed by atoms with Crippen LogP contribution in [0.1, 0.15) is 39.5 Å². The highest BCUT2D eigenvalue weighted by molar-refractivity contribution is 7.91. The zero-order chi connectivity index (χ0) is 15.4. The van der Waals surface area contributed by atoms with E-state index in [-0.39, 0.29) is 5.41 Å². The van der Waals surface area contributed by atoms with Gasteiger partial charge in [-0.3, -0.25) is 0 Å². The van der Waals surface area contributed by atoms with Crippen molar-refractivity contribution in [3.63, 3.8) is 0 Å². The van der Waals surface area contributed by atoms with E-state index in [2.05, 4.69) is 37.7 Å². The van der Waals surface area contributed by atoms with Crippen molar-refractivity contribution < 1.29 is 8.42 Å². The maximum Gasteiger partial charge on any atom is 0.250 e. The second-order valence-corrected chi connectivity index (χ2v) is 9.13. The first kappa shape index (κ1) is 17.6. The molecule has 0 unspecified atom stereocenters. The van der Waals surface area contributed by atoms with Gasteiger partial charge in [0.25, 0.3) is 0 Å². The summed E-state index contributed by atoms with van der Waals surface area (Å²) in [5, 5.41) is 3.20. The Balaban J connectivity index is 2.72. The lowest BCUT2D eigenvalue weighted by molar-refractivity contribution is 0.252. The van der Waals surface area contributed by atoms with Gasteiger partial charge >= 0.3 is 0 Å². The predicted molar refractivity (Wildman–Crippen MR) is 85.5 cm³/mol. The number of rotatable bonds is 8. The first-order valence-electron chi connectivity index (χ1n) is 6.98. The third-order valence-corrected chi connectivity index (χ3v) is 6.71. The number of sulfonamides is 1. The highest BCUT2D eigenvalue weighted by Gasteiger charge is 2.26. The van der Waals surface area contributed by atoms with Crippen LogP contribution >= 0.6 is 11.3 Å². The Labute approximate surface area is 127 Å². The average molecular weight is 319 g/mol. The Hall–Kier alpha value is -0.430. The second kappa shape index (κ2) is 7.02. The van der Waals surface area contributed by atoms with Crippen molar-refractivity contribution in [3.8, 4) is 0 Å². The molecule has 1 aromatic heterocycles. The van der Waals surface area contributed by atoms with Crippen LogP contribution in [0.3, 0.4) is 0 Å². The van der Waals surface area contributed by atoms with E-state index in [0.717, 1.165) is 11.4 Å². The summed E-state index contributed by atoms with van der Waals surface area (Å²) in [4.78, 5) is 1.04. The zero-order valence-electron chi connectivity index (χ0n) is 13.0. The van der Waals surface area contributed by atoms with E-state index in [0.29, 0.717) is 23.2 Å². The van der Waals surface area contributed by atoms with Crippen LogP contribution in [0.5, 0.6) is 0 Å². The van der Waals surface area contributed by atoms with Crippen LogP contribution in [0, 0.1) is 11.3 Å². The SMILES string of the molecule is CCNCc1ccc(S(=O)(=O)NCC(C)(C)C(C)C)s1. The largest absolute Gasteiger partial charge is 0.312 e. The highest BCUT2D eigenvalue weighted by Crippen LogP contribution is 2.26. The van der Waals surface area contributed by atoms with Gasteiger partial charge < -0.3 is 5.32 Å². The van der Waals surface area contributed by atoms with Gasteiger partial charge in [0.2, 0.25) is 10.0 Å². The van der Waals surface area contributed by atoms with E-state index in [1.807, 2.05) is 13.0 Å². The summed E-state index contributed by atoms with van der Waals surface area (Å²) in [7, 11) is -3.39. The van der Waals surface area contributed by atoms with Crippen LogP contribution in [-0.4, -0.2) is 21.5 Å². The fourth-order valence-corrected chi connectivity index (χ4v) is 4.00. The van der Waals surface area contributed by atoms with E-state index >= 15 is 0 Å². The lowest BCUT2D eigenvalue weighted by Crippen LogP contribution is -2.36. The molecule has 0 aliphatic carbocycles. The van der Waals surface area contributed by atoms with Crippen LogP contribution < -0.4 is 10.0 Å². The van der Waals surface area contributed by atoms with Crippen LogP contribution in [0.25, 0.3) is 0 Å². The van der Waals surface area contributed by atoms with Gasteiger partial charge in [-0.25, -0.2) is 13.1 Å². The molecule has 0 fully saturated rings. The molecule has 1 heterocycles. The summed E-state index contributed by atoms with van der Waals surface area (Å²) in [5.41, 5.74) is -0.0586. The minimum absolute atomic E-state index is 0.0586. The molecule has 116 valence electrons. The summed E-state index contributed by atoms with van der Waals surface area (Å²) >= 11 is 1.33. The Morgan fingerprint density at radius 3 is 2.50 bits per heavy atom. The summed E-state index contributed by atoms with van der Waals surface area (Å²) < 4.78 is 27.7. The number of hydrogen-bond acceptors (Lipinski definition) is 4. The molecule has 20 heavy (non-hydrogen) atoms. The van der Waals surface area contributed by atoms with Gasteiger partial charge in [0.1, 0.15) is 4.21 Å². The van der Waals surface area contributed by atoms with Crippen molar-refractivity contribution in [1.29, 1.82) is 0 Å². The summed E-state index contributed by atoms with van der Waals surface area (Å²) in [5.74, 6) is 0.415. The van der Waals surface area contributed by atoms with E-state index in [1.165, 1.54) is 11.3 Å². The van der Waals surface area contributed by atoms with Gasteiger partial charge in [0.15, 0.2) is 0 Å². The highest BCUT2D eigenvalue weighted by atomic mass is 32.2. The molecule has 0 saturated carbocycles. The molecule has 0 amide bonds. The summed E-state index contributed by atoms with van der Waals surface area (Å²) in [6.45, 7) is 12.4. The topological polar surface area (TPSA) is 58.2 Å². The van der Waals surface area contributed by atoms with Gasteiger partial charge in [0.05, 0.1) is 0 Å². The maximum absolute atomic E-state index is 12.3. The predicted octanol–water partition coefficient (Wildman–Crippen LogP) is 2.82. The van der Waals surface area contributed by atoms with Gasteiger partial charge in [-0.1, -0.05) is 34.6 Å². The first-order valence-corrected chi connectivity index (χ1v) is 9.28. The molecule has 1 aromatic rings. The molecule has 0 atom stereocenters. The van der Waals surface area contributed by atoms with Gasteiger partial charge in [-0.05, 0) is 30.0 Å². The van der Waals surface area contributed by atoms with Crippen molar-refractivity contribution >= 4 is 21.4 Å².